The van der Waals surface area contributed by atoms with E-state index in [1.807, 2.05) is 37.3 Å². The summed E-state index contributed by atoms with van der Waals surface area (Å²) in [7, 11) is 0. The summed E-state index contributed by atoms with van der Waals surface area (Å²) in [6, 6.07) is 14.1. The molecule has 1 fully saturated rings. The minimum absolute atomic E-state index is 0.0652. The number of nitrogens with one attached hydrogen (secondary N) is 2. The molecule has 172 valence electrons. The van der Waals surface area contributed by atoms with Crippen molar-refractivity contribution >= 4 is 23.0 Å². The van der Waals surface area contributed by atoms with Crippen molar-refractivity contribution < 1.29 is 15.0 Å². The molecule has 0 bridgehead atoms. The van der Waals surface area contributed by atoms with Crippen LogP contribution in [-0.4, -0.2) is 40.2 Å². The number of hydrogen-bond donors (Lipinski definition) is 4. The monoisotopic (exact) mass is 449 g/mol. The number of amides is 1. The van der Waals surface area contributed by atoms with Crippen LogP contribution in [0.5, 0.6) is 5.75 Å². The molecule has 4 N–H and O–H groups in total. The number of anilines is 3. The van der Waals surface area contributed by atoms with Gasteiger partial charge in [-0.3, -0.25) is 14.4 Å². The lowest BCUT2D eigenvalue weighted by Gasteiger charge is -2.30. The second-order valence-electron chi connectivity index (χ2n) is 8.27. The number of carbonyl (C=O) groups is 1. The SMILES string of the molecule is CC[C@@H](Nc1c(Nc2cccc(C(=O)N3CCC(O)CC3)c2O)c(=O)c1=O)c1ccccc1. The highest BCUT2D eigenvalue weighted by atomic mass is 16.3. The van der Waals surface area contributed by atoms with Crippen LogP contribution in [0.3, 0.4) is 0 Å². The van der Waals surface area contributed by atoms with Crippen molar-refractivity contribution in [2.75, 3.05) is 23.7 Å². The summed E-state index contributed by atoms with van der Waals surface area (Å²) in [6.07, 6.45) is 1.26. The largest absolute Gasteiger partial charge is 0.505 e. The molecule has 0 unspecified atom stereocenters. The molecule has 1 aliphatic heterocycles. The fourth-order valence-electron chi connectivity index (χ4n) is 4.12. The maximum absolute atomic E-state index is 12.9. The number of aliphatic hydroxyl groups is 1. The predicted molar refractivity (Wildman–Crippen MR) is 127 cm³/mol. The Bertz CT molecular complexity index is 1210. The molecule has 8 heteroatoms. The quantitative estimate of drug-likeness (QED) is 0.323. The molecule has 3 aromatic carbocycles. The van der Waals surface area contributed by atoms with Crippen molar-refractivity contribution in [1.82, 2.24) is 4.90 Å². The van der Waals surface area contributed by atoms with Crippen LogP contribution in [0.4, 0.5) is 17.1 Å². The van der Waals surface area contributed by atoms with Gasteiger partial charge in [0.25, 0.3) is 16.8 Å². The zero-order chi connectivity index (χ0) is 23.5. The summed E-state index contributed by atoms with van der Waals surface area (Å²) in [5, 5.41) is 26.4. The molecule has 0 saturated carbocycles. The van der Waals surface area contributed by atoms with E-state index in [2.05, 4.69) is 10.6 Å². The lowest BCUT2D eigenvalue weighted by Crippen LogP contribution is -2.40. The van der Waals surface area contributed by atoms with Gasteiger partial charge in [0.15, 0.2) is 5.75 Å². The molecule has 0 aromatic heterocycles. The third-order valence-electron chi connectivity index (χ3n) is 6.12. The summed E-state index contributed by atoms with van der Waals surface area (Å²) in [6.45, 7) is 2.78. The van der Waals surface area contributed by atoms with E-state index in [0.717, 1.165) is 5.56 Å². The van der Waals surface area contributed by atoms with E-state index in [1.54, 1.807) is 17.0 Å². The number of phenolic OH excluding ortho intramolecular Hbond substituents is 1. The van der Waals surface area contributed by atoms with Gasteiger partial charge in [-0.1, -0.05) is 43.3 Å². The highest BCUT2D eigenvalue weighted by Crippen LogP contribution is 2.33. The summed E-state index contributed by atoms with van der Waals surface area (Å²) in [5.41, 5.74) is 0.182. The lowest BCUT2D eigenvalue weighted by molar-refractivity contribution is 0.0544. The number of hydrogen-bond acceptors (Lipinski definition) is 7. The van der Waals surface area contributed by atoms with Crippen LogP contribution >= 0.6 is 0 Å². The number of para-hydroxylation sites is 1. The van der Waals surface area contributed by atoms with Gasteiger partial charge in [0.05, 0.1) is 23.4 Å². The number of phenols is 1. The van der Waals surface area contributed by atoms with Gasteiger partial charge in [-0.25, -0.2) is 0 Å². The van der Waals surface area contributed by atoms with Crippen molar-refractivity contribution in [3.8, 4) is 5.75 Å². The van der Waals surface area contributed by atoms with Crippen LogP contribution in [0, 0.1) is 0 Å². The standard InChI is InChI=1S/C25H27N3O5/c1-2-18(15-7-4-3-5-8-15)26-20-21(24(32)23(20)31)27-19-10-6-9-17(22(19)30)25(33)28-13-11-16(29)12-14-28/h3-10,16,18,26-27,29-30H,2,11-14H2,1H3/t18-/m1/s1. The van der Waals surface area contributed by atoms with Crippen molar-refractivity contribution in [2.45, 2.75) is 38.3 Å². The van der Waals surface area contributed by atoms with Crippen LogP contribution in [-0.2, 0) is 0 Å². The van der Waals surface area contributed by atoms with Gasteiger partial charge in [0.2, 0.25) is 0 Å². The molecule has 8 nitrogen and oxygen atoms in total. The molecule has 1 heterocycles. The predicted octanol–water partition coefficient (Wildman–Crippen LogP) is 2.89. The van der Waals surface area contributed by atoms with Gasteiger partial charge in [0, 0.05) is 13.1 Å². The highest BCUT2D eigenvalue weighted by molar-refractivity contribution is 5.99. The Morgan fingerprint density at radius 3 is 2.36 bits per heavy atom. The van der Waals surface area contributed by atoms with Crippen molar-refractivity contribution in [3.63, 3.8) is 0 Å². The Morgan fingerprint density at radius 1 is 1.03 bits per heavy atom. The Kier molecular flexibility index (Phi) is 6.46. The molecule has 1 saturated heterocycles. The van der Waals surface area contributed by atoms with Gasteiger partial charge >= 0.3 is 0 Å². The first-order valence-electron chi connectivity index (χ1n) is 11.1. The second-order valence-corrected chi connectivity index (χ2v) is 8.27. The first-order chi connectivity index (χ1) is 15.9. The second kappa shape index (κ2) is 9.46. The molecule has 0 spiro atoms. The fourth-order valence-corrected chi connectivity index (χ4v) is 4.12. The Balaban J connectivity index is 1.56. The molecule has 1 atom stereocenters. The smallest absolute Gasteiger partial charge is 0.257 e. The van der Waals surface area contributed by atoms with Gasteiger partial charge in [-0.15, -0.1) is 0 Å². The molecule has 33 heavy (non-hydrogen) atoms. The third kappa shape index (κ3) is 4.47. The van der Waals surface area contributed by atoms with E-state index in [4.69, 9.17) is 0 Å². The fraction of sp³-hybridized carbons (Fsp3) is 0.320. The van der Waals surface area contributed by atoms with Crippen LogP contribution < -0.4 is 21.5 Å². The van der Waals surface area contributed by atoms with Gasteiger partial charge < -0.3 is 25.7 Å². The number of nitrogens with zero attached hydrogens (tertiary/aromatic N) is 1. The van der Waals surface area contributed by atoms with E-state index >= 15 is 0 Å². The molecule has 4 rings (SSSR count). The third-order valence-corrected chi connectivity index (χ3v) is 6.12. The number of aromatic hydroxyl groups is 1. The lowest BCUT2D eigenvalue weighted by atomic mass is 10.0. The van der Waals surface area contributed by atoms with Crippen molar-refractivity contribution in [2.24, 2.45) is 0 Å². The molecule has 0 aliphatic carbocycles. The number of rotatable bonds is 7. The number of likely N-dealkylation sites (tertiary alicyclic amines) is 1. The average Bonchev–Trinajstić information content (AvgIpc) is 2.85. The van der Waals surface area contributed by atoms with Crippen LogP contribution in [0.2, 0.25) is 0 Å². The van der Waals surface area contributed by atoms with Crippen molar-refractivity contribution in [1.29, 1.82) is 0 Å². The van der Waals surface area contributed by atoms with Gasteiger partial charge in [-0.05, 0) is 37.0 Å². The van der Waals surface area contributed by atoms with Crippen LogP contribution in [0.25, 0.3) is 0 Å². The number of carbonyl (C=O) groups excluding carboxylic acids is 1. The molecule has 1 aliphatic rings. The first-order valence-corrected chi connectivity index (χ1v) is 11.1. The average molecular weight is 450 g/mol. The summed E-state index contributed by atoms with van der Waals surface area (Å²) in [4.78, 5) is 39.1. The first kappa shape index (κ1) is 22.5. The molecule has 0 radical (unpaired) electrons. The molecular weight excluding hydrogens is 422 g/mol. The topological polar surface area (TPSA) is 119 Å². The van der Waals surface area contributed by atoms with E-state index in [1.165, 1.54) is 6.07 Å². The summed E-state index contributed by atoms with van der Waals surface area (Å²) < 4.78 is 0. The van der Waals surface area contributed by atoms with E-state index < -0.39 is 17.0 Å². The van der Waals surface area contributed by atoms with E-state index in [0.29, 0.717) is 32.4 Å². The maximum Gasteiger partial charge on any atom is 0.257 e. The number of piperidine rings is 1. The minimum Gasteiger partial charge on any atom is -0.505 e. The van der Waals surface area contributed by atoms with Gasteiger partial charge in [0.1, 0.15) is 11.4 Å². The number of aliphatic hydroxyl groups excluding tert-OH is 1. The zero-order valence-electron chi connectivity index (χ0n) is 18.4. The highest BCUT2D eigenvalue weighted by Gasteiger charge is 2.27. The Morgan fingerprint density at radius 2 is 1.70 bits per heavy atom. The molecular formula is C25H27N3O5. The van der Waals surface area contributed by atoms with Crippen LogP contribution in [0.1, 0.15) is 48.1 Å². The van der Waals surface area contributed by atoms with E-state index in [9.17, 15) is 24.6 Å². The minimum atomic E-state index is -0.679. The van der Waals surface area contributed by atoms with Gasteiger partial charge in [-0.2, -0.15) is 0 Å². The Labute approximate surface area is 191 Å². The Hall–Kier alpha value is -3.65. The normalized spacial score (nSPS) is 15.4. The molecule has 3 aromatic rings. The molecule has 1 amide bonds. The summed E-state index contributed by atoms with van der Waals surface area (Å²) in [5.74, 6) is -0.635. The summed E-state index contributed by atoms with van der Waals surface area (Å²) >= 11 is 0. The van der Waals surface area contributed by atoms with E-state index in [-0.39, 0.29) is 40.3 Å². The zero-order valence-corrected chi connectivity index (χ0v) is 18.4. The van der Waals surface area contributed by atoms with Crippen LogP contribution in [0.15, 0.2) is 58.1 Å². The number of benzene rings is 2. The van der Waals surface area contributed by atoms with Crippen molar-refractivity contribution in [3.05, 3.63) is 80.1 Å². The maximum atomic E-state index is 12.9.